The Morgan fingerprint density at radius 2 is 2.22 bits per heavy atom. The quantitative estimate of drug-likeness (QED) is 0.547. The minimum Gasteiger partial charge on any atom is -0.286 e. The fourth-order valence-electron chi connectivity index (χ4n) is 0.215. The van der Waals surface area contributed by atoms with E-state index >= 15 is 0 Å². The zero-order valence-electron chi connectivity index (χ0n) is 5.00. The summed E-state index contributed by atoms with van der Waals surface area (Å²) in [5.41, 5.74) is 0. The molecule has 1 rings (SSSR count). The molecule has 0 aliphatic heterocycles. The second kappa shape index (κ2) is 4.83. The summed E-state index contributed by atoms with van der Waals surface area (Å²) in [6.45, 7) is 0.972. The van der Waals surface area contributed by atoms with Crippen molar-refractivity contribution in [3.05, 3.63) is 18.5 Å². The summed E-state index contributed by atoms with van der Waals surface area (Å²) in [7, 11) is 0. The highest BCUT2D eigenvalue weighted by Gasteiger charge is 1.71. The van der Waals surface area contributed by atoms with Gasteiger partial charge in [-0.2, -0.15) is 5.10 Å². The van der Waals surface area contributed by atoms with Crippen molar-refractivity contribution in [2.75, 3.05) is 0 Å². The monoisotopic (exact) mass is 127 g/mol. The van der Waals surface area contributed by atoms with Gasteiger partial charge in [-0.05, 0) is 6.07 Å². The minimum absolute atomic E-state index is 0.972. The highest BCUT2D eigenvalue weighted by atomic mass is 16.4. The number of carbonyl (C=O) groups is 1. The third-order valence-corrected chi connectivity index (χ3v) is 0.406. The van der Waals surface area contributed by atoms with Crippen LogP contribution >= 0.6 is 0 Å². The first-order valence-electron chi connectivity index (χ1n) is 2.35. The predicted molar refractivity (Wildman–Crippen MR) is 30.0 cm³/mol. The average molecular weight is 127 g/mol. The van der Waals surface area contributed by atoms with Crippen LogP contribution in [-0.4, -0.2) is 16.2 Å². The van der Waals surface area contributed by atoms with Crippen molar-refractivity contribution in [3.8, 4) is 0 Å². The Bertz CT molecular complexity index is 127. The van der Waals surface area contributed by atoms with E-state index in [4.69, 9.17) is 9.90 Å². The summed E-state index contributed by atoms with van der Waals surface area (Å²) in [6, 6.07) is 1.83. The first-order chi connectivity index (χ1) is 4.23. The molecule has 49 valence electrons. The van der Waals surface area contributed by atoms with Gasteiger partial charge >= 0.3 is 5.97 Å². The Balaban J connectivity index is 0.000000148. The molecule has 1 aromatic rings. The van der Waals surface area contributed by atoms with Gasteiger partial charge in [0.25, 0.3) is 0 Å². The zero-order chi connectivity index (χ0) is 7.11. The van der Waals surface area contributed by atoms with E-state index in [2.05, 4.69) is 10.2 Å². The fourth-order valence-corrected chi connectivity index (χ4v) is 0.215. The van der Waals surface area contributed by atoms with E-state index in [-0.39, 0.29) is 0 Å². The number of hydrogen-bond donors (Lipinski definition) is 1. The number of hydrogen-bond acceptors (Lipinski definition) is 2. The summed E-state index contributed by atoms with van der Waals surface area (Å²) in [6.07, 6.45) is 3.46. The first-order valence-corrected chi connectivity index (χ1v) is 2.35. The number of nitrogens with zero attached hydrogens (tertiary/aromatic N) is 1. The Morgan fingerprint density at radius 1 is 1.67 bits per heavy atom. The molecule has 1 heterocycles. The van der Waals surface area contributed by atoms with E-state index in [9.17, 15) is 0 Å². The lowest BCUT2D eigenvalue weighted by molar-refractivity contribution is -0.140. The van der Waals surface area contributed by atoms with Gasteiger partial charge in [0.05, 0.1) is 0 Å². The Hall–Kier alpha value is -1.32. The summed E-state index contributed by atoms with van der Waals surface area (Å²) in [5.74, 6) is -1.08. The number of aromatic nitrogens is 2. The Morgan fingerprint density at radius 3 is 2.33 bits per heavy atom. The van der Waals surface area contributed by atoms with Crippen molar-refractivity contribution in [1.29, 1.82) is 0 Å². The Kier molecular flexibility index (Phi) is 4.12. The smallest absolute Gasteiger partial charge is 0.286 e. The van der Waals surface area contributed by atoms with Crippen LogP contribution < -0.4 is 0 Å². The number of nitrogens with one attached hydrogen (secondary N) is 1. The molecule has 9 heavy (non-hydrogen) atoms. The molecule has 0 amide bonds. The second-order valence-electron chi connectivity index (χ2n) is 1.26. The molecule has 0 unspecified atom stereocenters. The van der Waals surface area contributed by atoms with Crippen molar-refractivity contribution < 1.29 is 9.90 Å². The fraction of sp³-hybridized carbons (Fsp3) is 0.200. The molecule has 0 aromatic carbocycles. The third kappa shape index (κ3) is 10.8. The van der Waals surface area contributed by atoms with E-state index in [1.807, 2.05) is 6.07 Å². The van der Waals surface area contributed by atoms with Gasteiger partial charge in [0.1, 0.15) is 0 Å². The van der Waals surface area contributed by atoms with Crippen molar-refractivity contribution in [1.82, 2.24) is 10.2 Å². The molecule has 1 N–H and O–H groups in total. The van der Waals surface area contributed by atoms with E-state index < -0.39 is 5.97 Å². The van der Waals surface area contributed by atoms with Crippen LogP contribution in [0.25, 0.3) is 0 Å². The molecular formula is C5H7N2O2. The standard InChI is InChI=1S/C3H4N2.C2H3O2/c1-2-4-5-3-1;1-2(3)4/h1-3H,(H,4,5);1H3. The molecule has 0 fully saturated rings. The lowest BCUT2D eigenvalue weighted by atomic mass is 10.8. The molecule has 1 radical (unpaired) electrons. The van der Waals surface area contributed by atoms with Crippen LogP contribution in [0.4, 0.5) is 0 Å². The minimum atomic E-state index is -1.08. The SMILES string of the molecule is CC([O])=O.c1cn[nH]c1. The normalized spacial score (nSPS) is 7.22. The van der Waals surface area contributed by atoms with Crippen LogP contribution in [-0.2, 0) is 9.90 Å². The van der Waals surface area contributed by atoms with Gasteiger partial charge in [-0.3, -0.25) is 5.10 Å². The van der Waals surface area contributed by atoms with Crippen LogP contribution in [0.5, 0.6) is 0 Å². The van der Waals surface area contributed by atoms with Gasteiger partial charge in [-0.1, -0.05) is 0 Å². The lowest BCUT2D eigenvalue weighted by Crippen LogP contribution is -1.74. The van der Waals surface area contributed by atoms with Gasteiger partial charge in [0.15, 0.2) is 0 Å². The summed E-state index contributed by atoms with van der Waals surface area (Å²) < 4.78 is 0. The molecule has 0 aliphatic carbocycles. The number of rotatable bonds is 0. The molecule has 4 nitrogen and oxygen atoms in total. The van der Waals surface area contributed by atoms with Crippen LogP contribution in [0.3, 0.4) is 0 Å². The molecule has 0 spiro atoms. The molecule has 0 saturated heterocycles. The molecular weight excluding hydrogens is 120 g/mol. The zero-order valence-corrected chi connectivity index (χ0v) is 5.00. The summed E-state index contributed by atoms with van der Waals surface area (Å²) in [5, 5.41) is 15.1. The molecule has 0 aliphatic rings. The van der Waals surface area contributed by atoms with Gasteiger partial charge in [-0.25, -0.2) is 9.90 Å². The molecule has 0 saturated carbocycles. The lowest BCUT2D eigenvalue weighted by Gasteiger charge is -1.50. The topological polar surface area (TPSA) is 65.7 Å². The van der Waals surface area contributed by atoms with Crippen molar-refractivity contribution in [2.45, 2.75) is 6.92 Å². The Labute approximate surface area is 52.5 Å². The maximum atomic E-state index is 8.89. The molecule has 1 aromatic heterocycles. The van der Waals surface area contributed by atoms with Gasteiger partial charge in [0.2, 0.25) is 0 Å². The van der Waals surface area contributed by atoms with Gasteiger partial charge in [-0.15, -0.1) is 0 Å². The maximum Gasteiger partial charge on any atom is 0.352 e. The highest BCUT2D eigenvalue weighted by molar-refractivity contribution is 5.62. The van der Waals surface area contributed by atoms with Crippen LogP contribution in [0.1, 0.15) is 6.92 Å². The van der Waals surface area contributed by atoms with Crippen LogP contribution in [0.2, 0.25) is 0 Å². The van der Waals surface area contributed by atoms with Crippen molar-refractivity contribution in [3.63, 3.8) is 0 Å². The van der Waals surface area contributed by atoms with Gasteiger partial charge in [0, 0.05) is 19.3 Å². The maximum absolute atomic E-state index is 8.89. The van der Waals surface area contributed by atoms with Crippen LogP contribution in [0.15, 0.2) is 18.5 Å². The van der Waals surface area contributed by atoms with Crippen LogP contribution in [0, 0.1) is 0 Å². The largest absolute Gasteiger partial charge is 0.352 e. The predicted octanol–water partition coefficient (Wildman–Crippen LogP) is 0.373. The number of H-pyrrole nitrogens is 1. The average Bonchev–Trinajstić information content (AvgIpc) is 2.11. The first kappa shape index (κ1) is 7.68. The van der Waals surface area contributed by atoms with Gasteiger partial charge < -0.3 is 0 Å². The van der Waals surface area contributed by atoms with E-state index in [0.717, 1.165) is 6.92 Å². The van der Waals surface area contributed by atoms with E-state index in [0.29, 0.717) is 0 Å². The summed E-state index contributed by atoms with van der Waals surface area (Å²) >= 11 is 0. The molecule has 0 bridgehead atoms. The highest BCUT2D eigenvalue weighted by Crippen LogP contribution is 1.64. The number of aromatic amines is 1. The third-order valence-electron chi connectivity index (χ3n) is 0.406. The van der Waals surface area contributed by atoms with Crippen molar-refractivity contribution in [2.24, 2.45) is 0 Å². The second-order valence-corrected chi connectivity index (χ2v) is 1.26. The van der Waals surface area contributed by atoms with E-state index in [1.54, 1.807) is 12.4 Å². The number of carbonyl (C=O) groups excluding carboxylic acids is 1. The van der Waals surface area contributed by atoms with Crippen molar-refractivity contribution >= 4 is 5.97 Å². The molecule has 0 atom stereocenters. The summed E-state index contributed by atoms with van der Waals surface area (Å²) in [4.78, 5) is 8.89. The molecule has 4 heteroatoms. The van der Waals surface area contributed by atoms with E-state index in [1.165, 1.54) is 0 Å².